The number of nitrogens with zero attached hydrogens (tertiary/aromatic N) is 1. The number of amidine groups is 1. The summed E-state index contributed by atoms with van der Waals surface area (Å²) in [5, 5.41) is 11.5. The van der Waals surface area contributed by atoms with Gasteiger partial charge in [-0.2, -0.15) is 0 Å². The number of rotatable bonds is 4. The lowest BCUT2D eigenvalue weighted by Crippen LogP contribution is -2.26. The van der Waals surface area contributed by atoms with Gasteiger partial charge in [0, 0.05) is 0 Å². The van der Waals surface area contributed by atoms with Crippen LogP contribution >= 0.6 is 0 Å². The van der Waals surface area contributed by atoms with E-state index in [4.69, 9.17) is 15.7 Å². The molecule has 0 radical (unpaired) electrons. The third-order valence-corrected chi connectivity index (χ3v) is 2.45. The maximum absolute atomic E-state index is 8.51. The standard InChI is InChI=1S/C12H18N2O2/c1-8-4-5-9(2)11(6-8)16-7-10(3)12(13)14-15/h4-6,10,15H,7H2,1-3H3,(H2,13,14). The maximum Gasteiger partial charge on any atom is 0.145 e. The third-order valence-electron chi connectivity index (χ3n) is 2.45. The molecule has 0 amide bonds. The van der Waals surface area contributed by atoms with Gasteiger partial charge in [0.15, 0.2) is 0 Å². The molecule has 88 valence electrons. The van der Waals surface area contributed by atoms with Crippen molar-refractivity contribution < 1.29 is 9.94 Å². The number of benzene rings is 1. The van der Waals surface area contributed by atoms with Crippen LogP contribution in [-0.2, 0) is 0 Å². The van der Waals surface area contributed by atoms with Gasteiger partial charge >= 0.3 is 0 Å². The zero-order chi connectivity index (χ0) is 12.1. The van der Waals surface area contributed by atoms with E-state index in [1.54, 1.807) is 0 Å². The van der Waals surface area contributed by atoms with Gasteiger partial charge in [-0.25, -0.2) is 0 Å². The molecule has 4 heteroatoms. The predicted octanol–water partition coefficient (Wildman–Crippen LogP) is 2.06. The van der Waals surface area contributed by atoms with Crippen molar-refractivity contribution in [1.82, 2.24) is 0 Å². The Morgan fingerprint density at radius 3 is 2.81 bits per heavy atom. The Morgan fingerprint density at radius 1 is 1.50 bits per heavy atom. The fourth-order valence-corrected chi connectivity index (χ4v) is 1.26. The molecular formula is C12H18N2O2. The van der Waals surface area contributed by atoms with Crippen LogP contribution in [0.2, 0.25) is 0 Å². The largest absolute Gasteiger partial charge is 0.493 e. The highest BCUT2D eigenvalue weighted by Gasteiger charge is 2.09. The minimum atomic E-state index is -0.107. The van der Waals surface area contributed by atoms with Gasteiger partial charge in [-0.05, 0) is 31.0 Å². The fraction of sp³-hybridized carbons (Fsp3) is 0.417. The molecule has 3 N–H and O–H groups in total. The molecule has 1 rings (SSSR count). The van der Waals surface area contributed by atoms with Crippen LogP contribution in [0.1, 0.15) is 18.1 Å². The molecule has 16 heavy (non-hydrogen) atoms. The third kappa shape index (κ3) is 3.15. The second-order valence-electron chi connectivity index (χ2n) is 4.01. The van der Waals surface area contributed by atoms with Gasteiger partial charge in [0.05, 0.1) is 12.5 Å². The highest BCUT2D eigenvalue weighted by molar-refractivity contribution is 5.81. The minimum absolute atomic E-state index is 0.107. The summed E-state index contributed by atoms with van der Waals surface area (Å²) in [4.78, 5) is 0. The van der Waals surface area contributed by atoms with Crippen LogP contribution in [0.4, 0.5) is 0 Å². The van der Waals surface area contributed by atoms with Crippen LogP contribution in [0.3, 0.4) is 0 Å². The summed E-state index contributed by atoms with van der Waals surface area (Å²) in [7, 11) is 0. The average molecular weight is 222 g/mol. The molecule has 4 nitrogen and oxygen atoms in total. The Morgan fingerprint density at radius 2 is 2.19 bits per heavy atom. The van der Waals surface area contributed by atoms with E-state index < -0.39 is 0 Å². The predicted molar refractivity (Wildman–Crippen MR) is 64.0 cm³/mol. The first-order valence-electron chi connectivity index (χ1n) is 5.22. The average Bonchev–Trinajstić information content (AvgIpc) is 2.28. The van der Waals surface area contributed by atoms with Crippen molar-refractivity contribution in [2.45, 2.75) is 20.8 Å². The monoisotopic (exact) mass is 222 g/mol. The van der Waals surface area contributed by atoms with E-state index in [9.17, 15) is 0 Å². The lowest BCUT2D eigenvalue weighted by Gasteiger charge is -2.13. The summed E-state index contributed by atoms with van der Waals surface area (Å²) >= 11 is 0. The number of aryl methyl sites for hydroxylation is 2. The van der Waals surface area contributed by atoms with E-state index in [-0.39, 0.29) is 11.8 Å². The summed E-state index contributed by atoms with van der Waals surface area (Å²) in [6.45, 7) is 6.25. The van der Waals surface area contributed by atoms with Gasteiger partial charge in [0.25, 0.3) is 0 Å². The van der Waals surface area contributed by atoms with Crippen LogP contribution < -0.4 is 10.5 Å². The Labute approximate surface area is 95.7 Å². The van der Waals surface area contributed by atoms with Gasteiger partial charge < -0.3 is 15.7 Å². The number of nitrogens with two attached hydrogens (primary N) is 1. The molecule has 0 saturated heterocycles. The molecule has 1 aromatic carbocycles. The Hall–Kier alpha value is -1.71. The van der Waals surface area contributed by atoms with Crippen molar-refractivity contribution in [2.24, 2.45) is 16.8 Å². The highest BCUT2D eigenvalue weighted by atomic mass is 16.5. The SMILES string of the molecule is Cc1ccc(C)c(OCC(C)/C(N)=N/O)c1. The Kier molecular flexibility index (Phi) is 4.17. The molecule has 1 atom stereocenters. The number of hydrogen-bond donors (Lipinski definition) is 2. The second-order valence-corrected chi connectivity index (χ2v) is 4.01. The highest BCUT2D eigenvalue weighted by Crippen LogP contribution is 2.19. The van der Waals surface area contributed by atoms with Gasteiger partial charge in [-0.3, -0.25) is 0 Å². The molecule has 0 spiro atoms. The molecule has 1 unspecified atom stereocenters. The van der Waals surface area contributed by atoms with Crippen LogP contribution in [0.25, 0.3) is 0 Å². The maximum atomic E-state index is 8.51. The Bertz CT molecular complexity index is 389. The van der Waals surface area contributed by atoms with Crippen molar-refractivity contribution in [1.29, 1.82) is 0 Å². The molecule has 0 aromatic heterocycles. The molecule has 0 aliphatic carbocycles. The van der Waals surface area contributed by atoms with E-state index in [2.05, 4.69) is 5.16 Å². The number of hydrogen-bond acceptors (Lipinski definition) is 3. The minimum Gasteiger partial charge on any atom is -0.493 e. The first-order valence-corrected chi connectivity index (χ1v) is 5.22. The Balaban J connectivity index is 2.64. The number of ether oxygens (including phenoxy) is 1. The van der Waals surface area contributed by atoms with Crippen LogP contribution in [0.15, 0.2) is 23.4 Å². The summed E-state index contributed by atoms with van der Waals surface area (Å²) in [5.74, 6) is 0.924. The first-order chi connectivity index (χ1) is 7.54. The topological polar surface area (TPSA) is 67.8 Å². The molecule has 1 aromatic rings. The van der Waals surface area contributed by atoms with Gasteiger partial charge in [0.1, 0.15) is 11.6 Å². The zero-order valence-electron chi connectivity index (χ0n) is 9.90. The van der Waals surface area contributed by atoms with E-state index in [1.165, 1.54) is 0 Å². The van der Waals surface area contributed by atoms with E-state index in [0.29, 0.717) is 6.61 Å². The summed E-state index contributed by atoms with van der Waals surface area (Å²) in [6.07, 6.45) is 0. The molecule has 0 bridgehead atoms. The molecule has 0 saturated carbocycles. The molecule has 0 heterocycles. The van der Waals surface area contributed by atoms with E-state index in [0.717, 1.165) is 16.9 Å². The van der Waals surface area contributed by atoms with Crippen molar-refractivity contribution in [3.05, 3.63) is 29.3 Å². The molecule has 0 aliphatic rings. The van der Waals surface area contributed by atoms with Crippen LogP contribution in [0.5, 0.6) is 5.75 Å². The second kappa shape index (κ2) is 5.39. The fourth-order valence-electron chi connectivity index (χ4n) is 1.26. The first kappa shape index (κ1) is 12.4. The molecule has 0 aliphatic heterocycles. The summed E-state index contributed by atoms with van der Waals surface area (Å²) in [5.41, 5.74) is 7.70. The number of oxime groups is 1. The van der Waals surface area contributed by atoms with Crippen LogP contribution in [0, 0.1) is 19.8 Å². The molecule has 0 fully saturated rings. The molecular weight excluding hydrogens is 204 g/mol. The van der Waals surface area contributed by atoms with Crippen molar-refractivity contribution in [2.75, 3.05) is 6.61 Å². The van der Waals surface area contributed by atoms with E-state index >= 15 is 0 Å². The van der Waals surface area contributed by atoms with Crippen molar-refractivity contribution in [3.8, 4) is 5.75 Å². The van der Waals surface area contributed by atoms with Gasteiger partial charge in [0.2, 0.25) is 0 Å². The van der Waals surface area contributed by atoms with Gasteiger partial charge in [-0.1, -0.05) is 24.2 Å². The van der Waals surface area contributed by atoms with Crippen molar-refractivity contribution in [3.63, 3.8) is 0 Å². The summed E-state index contributed by atoms with van der Waals surface area (Å²) < 4.78 is 5.63. The summed E-state index contributed by atoms with van der Waals surface area (Å²) in [6, 6.07) is 6.03. The lowest BCUT2D eigenvalue weighted by atomic mass is 10.1. The quantitative estimate of drug-likeness (QED) is 0.354. The van der Waals surface area contributed by atoms with Crippen molar-refractivity contribution >= 4 is 5.84 Å². The normalized spacial score (nSPS) is 13.6. The zero-order valence-corrected chi connectivity index (χ0v) is 9.90. The lowest BCUT2D eigenvalue weighted by molar-refractivity contribution is 0.278. The van der Waals surface area contributed by atoms with E-state index in [1.807, 2.05) is 39.0 Å². The smallest absolute Gasteiger partial charge is 0.145 e. The van der Waals surface area contributed by atoms with Gasteiger partial charge in [-0.15, -0.1) is 0 Å². The van der Waals surface area contributed by atoms with Crippen LogP contribution in [-0.4, -0.2) is 17.6 Å².